The standard InChI is InChI=1S/C14H16FNO2/c1-10-5-2-3-6-11(10)13-16-9-14(18-13)12(15)7-4-8-17-14/h2-3,5-6,12H,4,7-9H2,1H3/t12-,14+/m0/s1. The van der Waals surface area contributed by atoms with Gasteiger partial charge in [0.05, 0.1) is 6.61 Å². The lowest BCUT2D eigenvalue weighted by Crippen LogP contribution is -2.49. The first-order chi connectivity index (χ1) is 8.71. The number of benzene rings is 1. The summed E-state index contributed by atoms with van der Waals surface area (Å²) in [4.78, 5) is 4.32. The molecule has 1 spiro atoms. The van der Waals surface area contributed by atoms with Gasteiger partial charge < -0.3 is 9.47 Å². The summed E-state index contributed by atoms with van der Waals surface area (Å²) in [5.74, 6) is -0.673. The van der Waals surface area contributed by atoms with Gasteiger partial charge >= 0.3 is 0 Å². The van der Waals surface area contributed by atoms with Gasteiger partial charge in [-0.1, -0.05) is 18.2 Å². The van der Waals surface area contributed by atoms with Crippen molar-refractivity contribution >= 4 is 5.90 Å². The topological polar surface area (TPSA) is 30.8 Å². The number of aliphatic imine (C=N–C) groups is 1. The van der Waals surface area contributed by atoms with Crippen molar-refractivity contribution in [3.05, 3.63) is 35.4 Å². The fourth-order valence-electron chi connectivity index (χ4n) is 2.42. The number of hydrogen-bond donors (Lipinski definition) is 0. The minimum atomic E-state index is -1.17. The van der Waals surface area contributed by atoms with Crippen molar-refractivity contribution in [2.75, 3.05) is 13.2 Å². The summed E-state index contributed by atoms with van der Waals surface area (Å²) < 4.78 is 25.3. The van der Waals surface area contributed by atoms with Gasteiger partial charge in [0.25, 0.3) is 5.79 Å². The number of rotatable bonds is 1. The van der Waals surface area contributed by atoms with E-state index in [1.807, 2.05) is 31.2 Å². The lowest BCUT2D eigenvalue weighted by molar-refractivity contribution is -0.232. The van der Waals surface area contributed by atoms with Gasteiger partial charge in [-0.25, -0.2) is 9.38 Å². The molecule has 0 radical (unpaired) electrons. The molecule has 0 amide bonds. The van der Waals surface area contributed by atoms with Crippen molar-refractivity contribution < 1.29 is 13.9 Å². The summed E-state index contributed by atoms with van der Waals surface area (Å²) in [5, 5.41) is 0. The third-order valence-electron chi connectivity index (χ3n) is 3.51. The van der Waals surface area contributed by atoms with Crippen molar-refractivity contribution in [1.29, 1.82) is 0 Å². The second-order valence-corrected chi connectivity index (χ2v) is 4.81. The highest BCUT2D eigenvalue weighted by Gasteiger charge is 2.49. The third kappa shape index (κ3) is 1.81. The van der Waals surface area contributed by atoms with Gasteiger partial charge in [0, 0.05) is 5.56 Å². The Bertz CT molecular complexity index is 488. The highest BCUT2D eigenvalue weighted by molar-refractivity contribution is 5.96. The van der Waals surface area contributed by atoms with E-state index in [0.29, 0.717) is 18.9 Å². The van der Waals surface area contributed by atoms with E-state index >= 15 is 0 Å². The van der Waals surface area contributed by atoms with Gasteiger partial charge in [-0.3, -0.25) is 0 Å². The number of hydrogen-bond acceptors (Lipinski definition) is 3. The molecule has 3 rings (SSSR count). The molecule has 18 heavy (non-hydrogen) atoms. The third-order valence-corrected chi connectivity index (χ3v) is 3.51. The van der Waals surface area contributed by atoms with Crippen molar-refractivity contribution in [3.8, 4) is 0 Å². The predicted octanol–water partition coefficient (Wildman–Crippen LogP) is 2.62. The first-order valence-electron chi connectivity index (χ1n) is 6.29. The molecular weight excluding hydrogens is 233 g/mol. The fraction of sp³-hybridized carbons (Fsp3) is 0.500. The van der Waals surface area contributed by atoms with E-state index in [2.05, 4.69) is 4.99 Å². The zero-order valence-corrected chi connectivity index (χ0v) is 10.4. The van der Waals surface area contributed by atoms with Gasteiger partial charge in [-0.05, 0) is 31.4 Å². The van der Waals surface area contributed by atoms with Crippen LogP contribution in [-0.2, 0) is 9.47 Å². The summed E-state index contributed by atoms with van der Waals surface area (Å²) in [5.41, 5.74) is 1.98. The average Bonchev–Trinajstić information content (AvgIpc) is 2.79. The highest BCUT2D eigenvalue weighted by atomic mass is 19.1. The number of halogens is 1. The number of nitrogens with zero attached hydrogens (tertiary/aromatic N) is 1. The van der Waals surface area contributed by atoms with Crippen molar-refractivity contribution in [3.63, 3.8) is 0 Å². The maximum Gasteiger partial charge on any atom is 0.263 e. The van der Waals surface area contributed by atoms with Gasteiger partial charge in [0.15, 0.2) is 6.17 Å². The van der Waals surface area contributed by atoms with Gasteiger partial charge in [-0.15, -0.1) is 0 Å². The van der Waals surface area contributed by atoms with Crippen molar-refractivity contribution in [2.45, 2.75) is 31.7 Å². The Hall–Kier alpha value is -1.42. The molecule has 1 aromatic carbocycles. The molecule has 0 aliphatic carbocycles. The molecule has 1 fully saturated rings. The molecule has 0 unspecified atom stereocenters. The van der Waals surface area contributed by atoms with Crippen LogP contribution in [0, 0.1) is 6.92 Å². The predicted molar refractivity (Wildman–Crippen MR) is 66.5 cm³/mol. The minimum absolute atomic E-state index is 0.248. The maximum absolute atomic E-state index is 14.0. The van der Waals surface area contributed by atoms with Crippen LogP contribution in [0.1, 0.15) is 24.0 Å². The largest absolute Gasteiger partial charge is 0.440 e. The molecule has 1 saturated heterocycles. The quantitative estimate of drug-likeness (QED) is 0.766. The summed E-state index contributed by atoms with van der Waals surface area (Å²) in [6, 6.07) is 7.80. The summed E-state index contributed by atoms with van der Waals surface area (Å²) in [6.45, 7) is 2.77. The fourth-order valence-corrected chi connectivity index (χ4v) is 2.42. The molecule has 0 bridgehead atoms. The molecule has 96 valence electrons. The molecular formula is C14H16FNO2. The Labute approximate surface area is 106 Å². The Balaban J connectivity index is 1.84. The van der Waals surface area contributed by atoms with Crippen LogP contribution < -0.4 is 0 Å². The first kappa shape index (κ1) is 11.7. The minimum Gasteiger partial charge on any atom is -0.440 e. The molecule has 0 N–H and O–H groups in total. The van der Waals surface area contributed by atoms with E-state index in [4.69, 9.17) is 9.47 Å². The van der Waals surface area contributed by atoms with E-state index < -0.39 is 12.0 Å². The number of ether oxygens (including phenoxy) is 2. The normalized spacial score (nSPS) is 31.2. The van der Waals surface area contributed by atoms with Crippen LogP contribution in [-0.4, -0.2) is 31.0 Å². The Kier molecular flexibility index (Phi) is 2.82. The molecule has 0 saturated carbocycles. The van der Waals surface area contributed by atoms with E-state index in [9.17, 15) is 4.39 Å². The van der Waals surface area contributed by atoms with Crippen LogP contribution in [0.4, 0.5) is 4.39 Å². The van der Waals surface area contributed by atoms with E-state index in [0.717, 1.165) is 17.5 Å². The Morgan fingerprint density at radius 2 is 2.22 bits per heavy atom. The van der Waals surface area contributed by atoms with E-state index in [-0.39, 0.29) is 6.54 Å². The van der Waals surface area contributed by atoms with Crippen LogP contribution in [0.2, 0.25) is 0 Å². The highest BCUT2D eigenvalue weighted by Crippen LogP contribution is 2.34. The van der Waals surface area contributed by atoms with Crippen LogP contribution in [0.5, 0.6) is 0 Å². The van der Waals surface area contributed by atoms with E-state index in [1.54, 1.807) is 0 Å². The van der Waals surface area contributed by atoms with Crippen LogP contribution in [0.15, 0.2) is 29.3 Å². The van der Waals surface area contributed by atoms with Crippen LogP contribution in [0.3, 0.4) is 0 Å². The average molecular weight is 249 g/mol. The molecule has 2 atom stereocenters. The second kappa shape index (κ2) is 4.35. The van der Waals surface area contributed by atoms with Crippen molar-refractivity contribution in [2.24, 2.45) is 4.99 Å². The molecule has 2 aliphatic rings. The molecule has 4 heteroatoms. The first-order valence-corrected chi connectivity index (χ1v) is 6.29. The van der Waals surface area contributed by atoms with Gasteiger partial charge in [0.2, 0.25) is 5.90 Å². The Morgan fingerprint density at radius 3 is 3.00 bits per heavy atom. The van der Waals surface area contributed by atoms with Gasteiger partial charge in [0.1, 0.15) is 6.54 Å². The summed E-state index contributed by atoms with van der Waals surface area (Å²) in [7, 11) is 0. The van der Waals surface area contributed by atoms with E-state index in [1.165, 1.54) is 0 Å². The zero-order valence-electron chi connectivity index (χ0n) is 10.4. The number of aryl methyl sites for hydroxylation is 1. The molecule has 2 heterocycles. The maximum atomic E-state index is 14.0. The second-order valence-electron chi connectivity index (χ2n) is 4.81. The molecule has 3 nitrogen and oxygen atoms in total. The summed E-state index contributed by atoms with van der Waals surface area (Å²) in [6.07, 6.45) is 0.124. The smallest absolute Gasteiger partial charge is 0.263 e. The lowest BCUT2D eigenvalue weighted by atomic mass is 10.0. The molecule has 0 aromatic heterocycles. The molecule has 1 aromatic rings. The lowest BCUT2D eigenvalue weighted by Gasteiger charge is -2.35. The Morgan fingerprint density at radius 1 is 1.39 bits per heavy atom. The van der Waals surface area contributed by atoms with Crippen molar-refractivity contribution in [1.82, 2.24) is 0 Å². The molecule has 2 aliphatic heterocycles. The summed E-state index contributed by atoms with van der Waals surface area (Å²) >= 11 is 0. The van der Waals surface area contributed by atoms with Gasteiger partial charge in [-0.2, -0.15) is 0 Å². The zero-order chi connectivity index (χ0) is 12.6. The SMILES string of the molecule is Cc1ccccc1C1=NC[C@@]2(OCCC[C@@H]2F)O1. The van der Waals surface area contributed by atoms with Crippen LogP contribution >= 0.6 is 0 Å². The monoisotopic (exact) mass is 249 g/mol. The number of alkyl halides is 1. The van der Waals surface area contributed by atoms with Crippen LogP contribution in [0.25, 0.3) is 0 Å².